The van der Waals surface area contributed by atoms with Crippen molar-refractivity contribution >= 4 is 35.8 Å². The number of amides is 1. The molecule has 8 heteroatoms. The van der Waals surface area contributed by atoms with Crippen LogP contribution in [0.2, 0.25) is 0 Å². The normalized spacial score (nSPS) is 14.6. The van der Waals surface area contributed by atoms with Gasteiger partial charge in [-0.25, -0.2) is 4.39 Å². The minimum Gasteiger partial charge on any atom is -0.494 e. The van der Waals surface area contributed by atoms with Crippen molar-refractivity contribution in [1.82, 2.24) is 15.1 Å². The molecule has 1 aromatic rings. The number of aliphatic imine (C=N–C) groups is 1. The van der Waals surface area contributed by atoms with Gasteiger partial charge in [0.2, 0.25) is 5.91 Å². The minimum absolute atomic E-state index is 0. The summed E-state index contributed by atoms with van der Waals surface area (Å²) in [6.07, 6.45) is 1.81. The first-order chi connectivity index (χ1) is 12.6. The van der Waals surface area contributed by atoms with Crippen molar-refractivity contribution in [3.05, 3.63) is 30.1 Å². The van der Waals surface area contributed by atoms with Crippen molar-refractivity contribution in [2.45, 2.75) is 26.7 Å². The van der Waals surface area contributed by atoms with Crippen LogP contribution in [0.25, 0.3) is 0 Å². The summed E-state index contributed by atoms with van der Waals surface area (Å²) in [6, 6.07) is 6.07. The van der Waals surface area contributed by atoms with Crippen molar-refractivity contribution in [1.29, 1.82) is 0 Å². The van der Waals surface area contributed by atoms with Crippen LogP contribution in [0.1, 0.15) is 26.7 Å². The molecular formula is C19H30FIN4O2. The summed E-state index contributed by atoms with van der Waals surface area (Å²) in [5, 5.41) is 3.32. The Morgan fingerprint density at radius 3 is 2.37 bits per heavy atom. The molecule has 1 N–H and O–H groups in total. The Morgan fingerprint density at radius 2 is 1.78 bits per heavy atom. The van der Waals surface area contributed by atoms with E-state index in [1.54, 1.807) is 19.1 Å². The van der Waals surface area contributed by atoms with Gasteiger partial charge in [0.1, 0.15) is 11.6 Å². The van der Waals surface area contributed by atoms with E-state index >= 15 is 0 Å². The van der Waals surface area contributed by atoms with Gasteiger partial charge in [-0.2, -0.15) is 0 Å². The molecule has 0 atom stereocenters. The summed E-state index contributed by atoms with van der Waals surface area (Å²) in [4.78, 5) is 20.2. The fraction of sp³-hybridized carbons (Fsp3) is 0.579. The number of carbonyl (C=O) groups excluding carboxylic acids is 1. The van der Waals surface area contributed by atoms with Gasteiger partial charge in [0.05, 0.1) is 6.61 Å². The summed E-state index contributed by atoms with van der Waals surface area (Å²) < 4.78 is 18.4. The van der Waals surface area contributed by atoms with E-state index in [1.165, 1.54) is 12.1 Å². The Labute approximate surface area is 178 Å². The van der Waals surface area contributed by atoms with Crippen molar-refractivity contribution in [3.63, 3.8) is 0 Å². The van der Waals surface area contributed by atoms with E-state index in [2.05, 4.69) is 22.1 Å². The Hall–Kier alpha value is -1.58. The van der Waals surface area contributed by atoms with E-state index in [0.717, 1.165) is 58.1 Å². The number of ether oxygens (including phenoxy) is 1. The Morgan fingerprint density at radius 1 is 1.15 bits per heavy atom. The molecule has 0 spiro atoms. The van der Waals surface area contributed by atoms with E-state index < -0.39 is 0 Å². The summed E-state index contributed by atoms with van der Waals surface area (Å²) >= 11 is 0. The molecule has 0 saturated carbocycles. The van der Waals surface area contributed by atoms with Gasteiger partial charge < -0.3 is 19.9 Å². The Kier molecular flexibility index (Phi) is 11.1. The average Bonchev–Trinajstić information content (AvgIpc) is 2.65. The van der Waals surface area contributed by atoms with E-state index in [9.17, 15) is 9.18 Å². The summed E-state index contributed by atoms with van der Waals surface area (Å²) in [5.74, 6) is 1.47. The lowest BCUT2D eigenvalue weighted by Gasteiger charge is -2.36. The first-order valence-electron chi connectivity index (χ1n) is 9.27. The molecule has 1 heterocycles. The third kappa shape index (κ3) is 8.32. The van der Waals surface area contributed by atoms with Crippen molar-refractivity contribution < 1.29 is 13.9 Å². The average molecular weight is 492 g/mol. The van der Waals surface area contributed by atoms with E-state index in [0.29, 0.717) is 12.4 Å². The molecule has 27 heavy (non-hydrogen) atoms. The highest BCUT2D eigenvalue weighted by atomic mass is 127. The SMILES string of the molecule is CCNC(=NCCCCOc1ccc(F)cc1)N1CCN(C(C)=O)CC1.I. The molecular weight excluding hydrogens is 462 g/mol. The third-order valence-electron chi connectivity index (χ3n) is 4.26. The number of nitrogens with zero attached hydrogens (tertiary/aromatic N) is 3. The van der Waals surface area contributed by atoms with Gasteiger partial charge in [-0.3, -0.25) is 9.79 Å². The van der Waals surface area contributed by atoms with Gasteiger partial charge in [0.25, 0.3) is 0 Å². The largest absolute Gasteiger partial charge is 0.494 e. The molecule has 1 aliphatic heterocycles. The lowest BCUT2D eigenvalue weighted by Crippen LogP contribution is -2.53. The molecule has 0 aromatic heterocycles. The number of halogens is 2. The topological polar surface area (TPSA) is 57.2 Å². The Bertz CT molecular complexity index is 590. The monoisotopic (exact) mass is 492 g/mol. The highest BCUT2D eigenvalue weighted by Gasteiger charge is 2.20. The maximum atomic E-state index is 12.8. The van der Waals surface area contributed by atoms with Crippen molar-refractivity contribution in [2.24, 2.45) is 4.99 Å². The van der Waals surface area contributed by atoms with E-state index in [4.69, 9.17) is 4.74 Å². The van der Waals surface area contributed by atoms with Crippen molar-refractivity contribution in [2.75, 3.05) is 45.9 Å². The first kappa shape index (κ1) is 23.5. The zero-order valence-corrected chi connectivity index (χ0v) is 18.4. The second kappa shape index (κ2) is 12.7. The van der Waals surface area contributed by atoms with Gasteiger partial charge in [0, 0.05) is 46.2 Å². The maximum Gasteiger partial charge on any atom is 0.219 e. The number of nitrogens with one attached hydrogen (secondary N) is 1. The third-order valence-corrected chi connectivity index (χ3v) is 4.26. The highest BCUT2D eigenvalue weighted by Crippen LogP contribution is 2.11. The predicted molar refractivity (Wildman–Crippen MR) is 116 cm³/mol. The van der Waals surface area contributed by atoms with Crippen LogP contribution in [0.5, 0.6) is 5.75 Å². The quantitative estimate of drug-likeness (QED) is 0.275. The number of unbranched alkanes of at least 4 members (excludes halogenated alkanes) is 1. The van der Waals surface area contributed by atoms with Crippen LogP contribution in [0, 0.1) is 5.82 Å². The number of piperazine rings is 1. The van der Waals surface area contributed by atoms with Gasteiger partial charge in [-0.15, -0.1) is 24.0 Å². The van der Waals surface area contributed by atoms with Crippen LogP contribution in [-0.2, 0) is 4.79 Å². The smallest absolute Gasteiger partial charge is 0.219 e. The first-order valence-corrected chi connectivity index (χ1v) is 9.27. The maximum absolute atomic E-state index is 12.8. The van der Waals surface area contributed by atoms with Crippen LogP contribution in [0.4, 0.5) is 4.39 Å². The number of guanidine groups is 1. The standard InChI is InChI=1S/C19H29FN4O2.HI/c1-3-21-19(24-13-11-23(12-14-24)16(2)25)22-10-4-5-15-26-18-8-6-17(20)7-9-18;/h6-9H,3-5,10-15H2,1-2H3,(H,21,22);1H. The van der Waals surface area contributed by atoms with Crippen LogP contribution in [-0.4, -0.2) is 67.5 Å². The molecule has 1 saturated heterocycles. The zero-order valence-electron chi connectivity index (χ0n) is 16.1. The van der Waals surface area contributed by atoms with Crippen molar-refractivity contribution in [3.8, 4) is 5.75 Å². The molecule has 1 amide bonds. The molecule has 0 unspecified atom stereocenters. The lowest BCUT2D eigenvalue weighted by molar-refractivity contribution is -0.130. The van der Waals surface area contributed by atoms with Gasteiger partial charge >= 0.3 is 0 Å². The molecule has 0 aliphatic carbocycles. The molecule has 6 nitrogen and oxygen atoms in total. The molecule has 152 valence electrons. The van der Waals surface area contributed by atoms with Crippen LogP contribution >= 0.6 is 24.0 Å². The summed E-state index contributed by atoms with van der Waals surface area (Å²) in [6.45, 7) is 8.89. The molecule has 1 aliphatic rings. The molecule has 1 aromatic carbocycles. The van der Waals surface area contributed by atoms with Gasteiger partial charge in [0.15, 0.2) is 5.96 Å². The van der Waals surface area contributed by atoms with Gasteiger partial charge in [-0.05, 0) is 44.0 Å². The lowest BCUT2D eigenvalue weighted by atomic mass is 10.3. The number of rotatable bonds is 7. The molecule has 2 rings (SSSR count). The van der Waals surface area contributed by atoms with E-state index in [-0.39, 0.29) is 35.7 Å². The van der Waals surface area contributed by atoms with E-state index in [1.807, 2.05) is 4.90 Å². The van der Waals surface area contributed by atoms with Crippen LogP contribution in [0.15, 0.2) is 29.3 Å². The number of hydrogen-bond acceptors (Lipinski definition) is 3. The predicted octanol–water partition coefficient (Wildman–Crippen LogP) is 2.73. The minimum atomic E-state index is -0.258. The Balaban J connectivity index is 0.00000364. The number of carbonyl (C=O) groups is 1. The van der Waals surface area contributed by atoms with Crippen LogP contribution in [0.3, 0.4) is 0 Å². The van der Waals surface area contributed by atoms with Gasteiger partial charge in [-0.1, -0.05) is 0 Å². The second-order valence-corrected chi connectivity index (χ2v) is 6.24. The number of hydrogen-bond donors (Lipinski definition) is 1. The fourth-order valence-corrected chi connectivity index (χ4v) is 2.78. The van der Waals surface area contributed by atoms with Crippen LogP contribution < -0.4 is 10.1 Å². The molecule has 1 fully saturated rings. The summed E-state index contributed by atoms with van der Waals surface area (Å²) in [5.41, 5.74) is 0. The summed E-state index contributed by atoms with van der Waals surface area (Å²) in [7, 11) is 0. The molecule has 0 radical (unpaired) electrons. The second-order valence-electron chi connectivity index (χ2n) is 6.24. The number of benzene rings is 1. The molecule has 0 bridgehead atoms. The fourth-order valence-electron chi connectivity index (χ4n) is 2.78. The highest BCUT2D eigenvalue weighted by molar-refractivity contribution is 14.0. The zero-order chi connectivity index (χ0) is 18.8.